The van der Waals surface area contributed by atoms with Gasteiger partial charge in [0, 0.05) is 25.8 Å². The number of hydrogen-bond donors (Lipinski definition) is 1. The first kappa shape index (κ1) is 26.4. The molecule has 4 rings (SSSR count). The maximum absolute atomic E-state index is 13.5. The van der Waals surface area contributed by atoms with E-state index in [4.69, 9.17) is 4.74 Å². The van der Waals surface area contributed by atoms with E-state index in [2.05, 4.69) is 12.2 Å². The Morgan fingerprint density at radius 1 is 1.03 bits per heavy atom. The number of nitrogens with zero attached hydrogens (tertiary/aromatic N) is 1. The third kappa shape index (κ3) is 6.01. The molecule has 0 radical (unpaired) electrons. The number of likely N-dealkylation sites (tertiary alicyclic amines) is 1. The lowest BCUT2D eigenvalue weighted by Crippen LogP contribution is -2.50. The summed E-state index contributed by atoms with van der Waals surface area (Å²) in [5.74, 6) is -0.473. The fourth-order valence-corrected chi connectivity index (χ4v) is 5.16. The molecule has 194 valence electrons. The van der Waals surface area contributed by atoms with E-state index in [-0.39, 0.29) is 42.1 Å². The van der Waals surface area contributed by atoms with E-state index in [1.807, 2.05) is 87.5 Å². The van der Waals surface area contributed by atoms with E-state index in [0.29, 0.717) is 6.42 Å². The van der Waals surface area contributed by atoms with Crippen LogP contribution in [0.4, 0.5) is 0 Å². The summed E-state index contributed by atoms with van der Waals surface area (Å²) in [4.78, 5) is 40.8. The zero-order chi connectivity index (χ0) is 26.7. The van der Waals surface area contributed by atoms with Crippen molar-refractivity contribution in [1.82, 2.24) is 10.2 Å². The van der Waals surface area contributed by atoms with E-state index < -0.39 is 12.0 Å². The lowest BCUT2D eigenvalue weighted by molar-refractivity contribution is -0.147. The monoisotopic (exact) mass is 500 g/mol. The number of amides is 3. The van der Waals surface area contributed by atoms with Crippen LogP contribution in [0.15, 0.2) is 66.7 Å². The fourth-order valence-electron chi connectivity index (χ4n) is 5.16. The number of imide groups is 1. The molecule has 3 atom stereocenters. The largest absolute Gasteiger partial charge is 0.488 e. The number of carbonyl (C=O) groups excluding carboxylic acids is 3. The highest BCUT2D eigenvalue weighted by Crippen LogP contribution is 2.33. The Morgan fingerprint density at radius 2 is 1.70 bits per heavy atom. The van der Waals surface area contributed by atoms with Gasteiger partial charge >= 0.3 is 0 Å². The molecule has 1 heterocycles. The summed E-state index contributed by atoms with van der Waals surface area (Å²) in [7, 11) is 1.54. The van der Waals surface area contributed by atoms with Gasteiger partial charge in [-0.2, -0.15) is 0 Å². The topological polar surface area (TPSA) is 75.7 Å². The fraction of sp³-hybridized carbons (Fsp3) is 0.387. The van der Waals surface area contributed by atoms with Gasteiger partial charge in [0.15, 0.2) is 0 Å². The number of benzene rings is 3. The molecule has 0 spiro atoms. The zero-order valence-electron chi connectivity index (χ0n) is 22.3. The van der Waals surface area contributed by atoms with Crippen molar-refractivity contribution in [3.05, 3.63) is 77.9 Å². The minimum Gasteiger partial charge on any atom is -0.488 e. The van der Waals surface area contributed by atoms with E-state index in [0.717, 1.165) is 27.6 Å². The minimum atomic E-state index is -0.884. The van der Waals surface area contributed by atoms with Crippen molar-refractivity contribution >= 4 is 28.5 Å². The number of ether oxygens (including phenoxy) is 1. The molecule has 3 aromatic rings. The molecule has 3 aromatic carbocycles. The summed E-state index contributed by atoms with van der Waals surface area (Å²) in [5.41, 5.74) is 1.74. The summed E-state index contributed by atoms with van der Waals surface area (Å²) in [6.07, 6.45) is 0.933. The van der Waals surface area contributed by atoms with Gasteiger partial charge in [0.1, 0.15) is 17.4 Å². The van der Waals surface area contributed by atoms with Gasteiger partial charge < -0.3 is 10.1 Å². The van der Waals surface area contributed by atoms with Gasteiger partial charge in [-0.05, 0) is 67.1 Å². The average molecular weight is 501 g/mol. The van der Waals surface area contributed by atoms with Gasteiger partial charge in [0.2, 0.25) is 17.7 Å². The Bertz CT molecular complexity index is 1290. The molecular weight excluding hydrogens is 464 g/mol. The maximum Gasteiger partial charge on any atom is 0.243 e. The SMILES string of the molecule is CNC(=O)[C@H](Cc1cccc2ccccc12)N1C(=O)C[C@@H](CC(C)c2ccc(OC(C)(C)C)cc2)C1=O. The second-order valence-corrected chi connectivity index (χ2v) is 10.9. The summed E-state index contributed by atoms with van der Waals surface area (Å²) in [6.45, 7) is 8.07. The Kier molecular flexibility index (Phi) is 7.67. The molecule has 1 N–H and O–H groups in total. The molecule has 1 aliphatic heterocycles. The van der Waals surface area contributed by atoms with E-state index in [9.17, 15) is 14.4 Å². The molecule has 37 heavy (non-hydrogen) atoms. The number of fused-ring (bicyclic) bond motifs is 1. The molecule has 0 aromatic heterocycles. The highest BCUT2D eigenvalue weighted by molar-refractivity contribution is 6.07. The minimum absolute atomic E-state index is 0.0712. The van der Waals surface area contributed by atoms with Crippen LogP contribution in [-0.2, 0) is 20.8 Å². The van der Waals surface area contributed by atoms with Crippen molar-refractivity contribution in [2.75, 3.05) is 7.05 Å². The lowest BCUT2D eigenvalue weighted by atomic mass is 9.89. The predicted octanol–water partition coefficient (Wildman–Crippen LogP) is 5.24. The van der Waals surface area contributed by atoms with Crippen LogP contribution in [0.1, 0.15) is 57.6 Å². The molecule has 3 amide bonds. The third-order valence-corrected chi connectivity index (χ3v) is 6.94. The number of nitrogens with one attached hydrogen (secondary N) is 1. The Morgan fingerprint density at radius 3 is 2.38 bits per heavy atom. The van der Waals surface area contributed by atoms with Gasteiger partial charge in [-0.15, -0.1) is 0 Å². The van der Waals surface area contributed by atoms with E-state index in [1.54, 1.807) is 0 Å². The number of rotatable bonds is 8. The van der Waals surface area contributed by atoms with Gasteiger partial charge in [-0.1, -0.05) is 61.5 Å². The van der Waals surface area contributed by atoms with Crippen LogP contribution in [0, 0.1) is 5.92 Å². The summed E-state index contributed by atoms with van der Waals surface area (Å²) >= 11 is 0. The quantitative estimate of drug-likeness (QED) is 0.429. The maximum atomic E-state index is 13.5. The molecule has 1 unspecified atom stereocenters. The van der Waals surface area contributed by atoms with Crippen molar-refractivity contribution in [2.45, 2.75) is 64.5 Å². The standard InChI is InChI=1S/C31H36N2O4/c1-20(21-13-15-25(16-14-21)37-31(2,3)4)17-24-19-28(34)33(30(24)36)27(29(35)32-5)18-23-11-8-10-22-9-6-7-12-26(22)23/h6-16,20,24,27H,17-19H2,1-5H3,(H,32,35)/t20?,24-,27+/m1/s1. The molecule has 1 aliphatic rings. The van der Waals surface area contributed by atoms with Gasteiger partial charge in [0.25, 0.3) is 0 Å². The van der Waals surface area contributed by atoms with Crippen molar-refractivity contribution in [3.8, 4) is 5.75 Å². The third-order valence-electron chi connectivity index (χ3n) is 6.94. The average Bonchev–Trinajstić information content (AvgIpc) is 3.13. The highest BCUT2D eigenvalue weighted by atomic mass is 16.5. The Labute approximate surface area is 219 Å². The summed E-state index contributed by atoms with van der Waals surface area (Å²) < 4.78 is 5.91. The molecular formula is C31H36N2O4. The summed E-state index contributed by atoms with van der Waals surface area (Å²) in [6, 6.07) is 20.9. The Hall–Kier alpha value is -3.67. The first-order chi connectivity index (χ1) is 17.6. The highest BCUT2D eigenvalue weighted by Gasteiger charge is 2.45. The second-order valence-electron chi connectivity index (χ2n) is 10.9. The van der Waals surface area contributed by atoms with Crippen molar-refractivity contribution in [1.29, 1.82) is 0 Å². The molecule has 6 heteroatoms. The smallest absolute Gasteiger partial charge is 0.243 e. The van der Waals surface area contributed by atoms with Crippen molar-refractivity contribution < 1.29 is 19.1 Å². The van der Waals surface area contributed by atoms with E-state index in [1.165, 1.54) is 11.9 Å². The zero-order valence-corrected chi connectivity index (χ0v) is 22.3. The van der Waals surface area contributed by atoms with Crippen LogP contribution in [0.3, 0.4) is 0 Å². The van der Waals surface area contributed by atoms with Crippen LogP contribution in [0.25, 0.3) is 10.8 Å². The summed E-state index contributed by atoms with van der Waals surface area (Å²) in [5, 5.41) is 4.73. The molecule has 0 aliphatic carbocycles. The van der Waals surface area contributed by atoms with Crippen molar-refractivity contribution in [2.24, 2.45) is 5.92 Å². The number of hydrogen-bond acceptors (Lipinski definition) is 4. The van der Waals surface area contributed by atoms with Crippen LogP contribution in [-0.4, -0.2) is 41.3 Å². The van der Waals surface area contributed by atoms with Crippen LogP contribution >= 0.6 is 0 Å². The first-order valence-corrected chi connectivity index (χ1v) is 12.9. The van der Waals surface area contributed by atoms with Gasteiger partial charge in [0.05, 0.1) is 0 Å². The Balaban J connectivity index is 1.51. The predicted molar refractivity (Wildman–Crippen MR) is 145 cm³/mol. The number of carbonyl (C=O) groups is 3. The molecule has 0 saturated carbocycles. The van der Waals surface area contributed by atoms with Crippen LogP contribution in [0.5, 0.6) is 5.75 Å². The number of likely N-dealkylation sites (N-methyl/N-ethyl adjacent to an activating group) is 1. The molecule has 6 nitrogen and oxygen atoms in total. The molecule has 1 fully saturated rings. The van der Waals surface area contributed by atoms with Crippen LogP contribution in [0.2, 0.25) is 0 Å². The molecule has 1 saturated heterocycles. The van der Waals surface area contributed by atoms with E-state index >= 15 is 0 Å². The second kappa shape index (κ2) is 10.8. The van der Waals surface area contributed by atoms with Crippen molar-refractivity contribution in [3.63, 3.8) is 0 Å². The van der Waals surface area contributed by atoms with Crippen LogP contribution < -0.4 is 10.1 Å². The lowest BCUT2D eigenvalue weighted by Gasteiger charge is -2.26. The first-order valence-electron chi connectivity index (χ1n) is 12.9. The van der Waals surface area contributed by atoms with Gasteiger partial charge in [-0.25, -0.2) is 0 Å². The normalized spacial score (nSPS) is 17.6. The molecule has 0 bridgehead atoms. The van der Waals surface area contributed by atoms with Gasteiger partial charge in [-0.3, -0.25) is 19.3 Å².